The molecule has 0 amide bonds. The fraction of sp³-hybridized carbons (Fsp3) is 0.0588. The Balaban J connectivity index is 2.02. The highest BCUT2D eigenvalue weighted by molar-refractivity contribution is 7.15. The molecule has 4 aromatic rings. The summed E-state index contributed by atoms with van der Waals surface area (Å²) in [5, 5.41) is 0. The number of benzene rings is 2. The lowest BCUT2D eigenvalue weighted by Gasteiger charge is -1.95. The van der Waals surface area contributed by atoms with Crippen molar-refractivity contribution >= 4 is 33.4 Å². The van der Waals surface area contributed by atoms with E-state index in [-0.39, 0.29) is 11.1 Å². The van der Waals surface area contributed by atoms with E-state index in [1.807, 2.05) is 25.1 Å². The second-order valence-corrected chi connectivity index (χ2v) is 6.26. The Labute approximate surface area is 133 Å². The molecule has 2 aromatic heterocycles. The molecule has 0 fully saturated rings. The Hall–Kier alpha value is -2.60. The maximum atomic E-state index is 13.8. The number of thiazole rings is 1. The molecule has 2 heterocycles. The van der Waals surface area contributed by atoms with Gasteiger partial charge in [0.25, 0.3) is 5.56 Å². The first-order valence-electron chi connectivity index (χ1n) is 6.92. The maximum Gasteiger partial charge on any atom is 0.274 e. The van der Waals surface area contributed by atoms with Crippen molar-refractivity contribution in [1.29, 1.82) is 0 Å². The Morgan fingerprint density at radius 3 is 2.83 bits per heavy atom. The van der Waals surface area contributed by atoms with Gasteiger partial charge >= 0.3 is 0 Å². The smallest absolute Gasteiger partial charge is 0.267 e. The molecule has 0 atom stereocenters. The van der Waals surface area contributed by atoms with Crippen LogP contribution in [0.5, 0.6) is 0 Å². The van der Waals surface area contributed by atoms with Crippen LogP contribution >= 0.6 is 11.3 Å². The number of fused-ring (bicyclic) bond motifs is 3. The van der Waals surface area contributed by atoms with Crippen molar-refractivity contribution in [1.82, 2.24) is 9.38 Å². The van der Waals surface area contributed by atoms with Crippen molar-refractivity contribution in [3.63, 3.8) is 0 Å². The Kier molecular flexibility index (Phi) is 3.02. The number of hydrogen-bond acceptors (Lipinski definition) is 3. The van der Waals surface area contributed by atoms with Crippen LogP contribution in [0.4, 0.5) is 8.78 Å². The minimum absolute atomic E-state index is 0.175. The van der Waals surface area contributed by atoms with Gasteiger partial charge in [0.2, 0.25) is 0 Å². The average Bonchev–Trinajstić information content (AvgIpc) is 3.01. The van der Waals surface area contributed by atoms with Crippen LogP contribution in [-0.2, 0) is 0 Å². The van der Waals surface area contributed by atoms with E-state index in [0.717, 1.165) is 28.7 Å². The molecule has 0 aliphatic rings. The molecule has 2 aromatic carbocycles. The highest BCUT2D eigenvalue weighted by Crippen LogP contribution is 2.19. The van der Waals surface area contributed by atoms with Crippen molar-refractivity contribution in [3.8, 4) is 0 Å². The van der Waals surface area contributed by atoms with Crippen molar-refractivity contribution in [2.45, 2.75) is 6.92 Å². The molecule has 0 saturated heterocycles. The molecule has 0 N–H and O–H groups in total. The SMILES string of the molecule is Cc1cccc2c1nc1sc(=Cc3ccc(F)cc3F)c(=O)n12. The van der Waals surface area contributed by atoms with Crippen molar-refractivity contribution < 1.29 is 8.78 Å². The van der Waals surface area contributed by atoms with Gasteiger partial charge in [-0.3, -0.25) is 4.79 Å². The quantitative estimate of drug-likeness (QED) is 0.538. The first-order chi connectivity index (χ1) is 11.0. The van der Waals surface area contributed by atoms with Gasteiger partial charge in [0.05, 0.1) is 15.6 Å². The zero-order valence-electron chi connectivity index (χ0n) is 12.0. The van der Waals surface area contributed by atoms with E-state index in [9.17, 15) is 13.6 Å². The third kappa shape index (κ3) is 2.14. The summed E-state index contributed by atoms with van der Waals surface area (Å²) in [7, 11) is 0. The molecule has 0 saturated carbocycles. The van der Waals surface area contributed by atoms with Gasteiger partial charge in [0.1, 0.15) is 11.6 Å². The number of nitrogens with zero attached hydrogens (tertiary/aromatic N) is 2. The van der Waals surface area contributed by atoms with Crippen molar-refractivity contribution in [3.05, 3.63) is 74.0 Å². The van der Waals surface area contributed by atoms with E-state index in [1.54, 1.807) is 0 Å². The van der Waals surface area contributed by atoms with E-state index in [4.69, 9.17) is 0 Å². The van der Waals surface area contributed by atoms with Crippen LogP contribution in [0.15, 0.2) is 41.2 Å². The minimum Gasteiger partial charge on any atom is -0.267 e. The van der Waals surface area contributed by atoms with Gasteiger partial charge in [0, 0.05) is 11.6 Å². The lowest BCUT2D eigenvalue weighted by atomic mass is 10.2. The lowest BCUT2D eigenvalue weighted by molar-refractivity contribution is 0.581. The molecule has 23 heavy (non-hydrogen) atoms. The number of para-hydroxylation sites is 1. The minimum atomic E-state index is -0.698. The first-order valence-corrected chi connectivity index (χ1v) is 7.73. The zero-order valence-corrected chi connectivity index (χ0v) is 12.8. The van der Waals surface area contributed by atoms with Gasteiger partial charge in [-0.1, -0.05) is 23.5 Å². The predicted molar refractivity (Wildman–Crippen MR) is 86.7 cm³/mol. The monoisotopic (exact) mass is 328 g/mol. The number of aromatic nitrogens is 2. The van der Waals surface area contributed by atoms with Crippen molar-refractivity contribution in [2.24, 2.45) is 0 Å². The van der Waals surface area contributed by atoms with Gasteiger partial charge in [-0.05, 0) is 36.8 Å². The number of imidazole rings is 1. The van der Waals surface area contributed by atoms with Gasteiger partial charge in [0.15, 0.2) is 4.96 Å². The van der Waals surface area contributed by atoms with Gasteiger partial charge < -0.3 is 0 Å². The average molecular weight is 328 g/mol. The van der Waals surface area contributed by atoms with Crippen LogP contribution in [0.3, 0.4) is 0 Å². The molecule has 0 unspecified atom stereocenters. The molecule has 3 nitrogen and oxygen atoms in total. The first kappa shape index (κ1) is 14.0. The van der Waals surface area contributed by atoms with Crippen LogP contribution in [0.1, 0.15) is 11.1 Å². The lowest BCUT2D eigenvalue weighted by Crippen LogP contribution is -2.22. The number of halogens is 2. The van der Waals surface area contributed by atoms with Crippen molar-refractivity contribution in [2.75, 3.05) is 0 Å². The fourth-order valence-corrected chi connectivity index (χ4v) is 3.56. The Morgan fingerprint density at radius 2 is 2.04 bits per heavy atom. The zero-order chi connectivity index (χ0) is 16.1. The number of rotatable bonds is 1. The maximum absolute atomic E-state index is 13.8. The fourth-order valence-electron chi connectivity index (χ4n) is 2.59. The molecule has 6 heteroatoms. The summed E-state index contributed by atoms with van der Waals surface area (Å²) in [5.74, 6) is -1.35. The molecular formula is C17H10F2N2OS. The van der Waals surface area contributed by atoms with Gasteiger partial charge in [-0.25, -0.2) is 18.2 Å². The summed E-state index contributed by atoms with van der Waals surface area (Å²) in [5.41, 5.74) is 2.44. The van der Waals surface area contributed by atoms with E-state index < -0.39 is 11.6 Å². The summed E-state index contributed by atoms with van der Waals surface area (Å²) in [6.07, 6.45) is 1.43. The Bertz CT molecular complexity index is 1180. The summed E-state index contributed by atoms with van der Waals surface area (Å²) in [6, 6.07) is 8.91. The van der Waals surface area contributed by atoms with Gasteiger partial charge in [-0.2, -0.15) is 0 Å². The third-order valence-electron chi connectivity index (χ3n) is 3.72. The van der Waals surface area contributed by atoms with Crippen LogP contribution in [0, 0.1) is 18.6 Å². The largest absolute Gasteiger partial charge is 0.274 e. The third-order valence-corrected chi connectivity index (χ3v) is 4.69. The summed E-state index contributed by atoms with van der Waals surface area (Å²) in [6.45, 7) is 1.94. The molecule has 0 aliphatic heterocycles. The molecule has 0 aliphatic carbocycles. The summed E-state index contributed by atoms with van der Waals surface area (Å²) in [4.78, 5) is 17.6. The van der Waals surface area contributed by atoms with E-state index in [1.165, 1.54) is 27.9 Å². The van der Waals surface area contributed by atoms with Crippen LogP contribution < -0.4 is 10.1 Å². The molecule has 0 radical (unpaired) electrons. The molecule has 4 rings (SSSR count). The van der Waals surface area contributed by atoms with E-state index >= 15 is 0 Å². The number of hydrogen-bond donors (Lipinski definition) is 0. The highest BCUT2D eigenvalue weighted by Gasteiger charge is 2.12. The summed E-state index contributed by atoms with van der Waals surface area (Å²) < 4.78 is 28.6. The van der Waals surface area contributed by atoms with Crippen LogP contribution in [-0.4, -0.2) is 9.38 Å². The molecule has 0 spiro atoms. The van der Waals surface area contributed by atoms with E-state index in [0.29, 0.717) is 9.49 Å². The molecule has 114 valence electrons. The standard InChI is InChI=1S/C17H10F2N2OS/c1-9-3-2-4-13-15(9)20-17-21(13)16(22)14(23-17)7-10-5-6-11(18)8-12(10)19/h2-8H,1H3. The normalized spacial score (nSPS) is 12.6. The second-order valence-electron chi connectivity index (χ2n) is 5.25. The number of aryl methyl sites for hydroxylation is 1. The van der Waals surface area contributed by atoms with Crippen LogP contribution in [0.2, 0.25) is 0 Å². The second kappa shape index (κ2) is 4.96. The molecule has 0 bridgehead atoms. The Morgan fingerprint density at radius 1 is 1.22 bits per heavy atom. The van der Waals surface area contributed by atoms with Gasteiger partial charge in [-0.15, -0.1) is 0 Å². The summed E-state index contributed by atoms with van der Waals surface area (Å²) >= 11 is 1.19. The van der Waals surface area contributed by atoms with Crippen LogP contribution in [0.25, 0.3) is 22.1 Å². The predicted octanol–water partition coefficient (Wildman–Crippen LogP) is 3.04. The van der Waals surface area contributed by atoms with E-state index in [2.05, 4.69) is 4.98 Å². The topological polar surface area (TPSA) is 34.4 Å². The highest BCUT2D eigenvalue weighted by atomic mass is 32.1. The molecular weight excluding hydrogens is 318 g/mol.